The van der Waals surface area contributed by atoms with Crippen LogP contribution in [0.15, 0.2) is 40.2 Å². The van der Waals surface area contributed by atoms with Gasteiger partial charge in [-0.25, -0.2) is 9.78 Å². The monoisotopic (exact) mass is 251 g/mol. The van der Waals surface area contributed by atoms with Gasteiger partial charge in [-0.3, -0.25) is 0 Å². The molecule has 0 aliphatic carbocycles. The Labute approximate surface area is 101 Å². The Morgan fingerprint density at radius 2 is 2.31 bits per heavy atom. The van der Waals surface area contributed by atoms with Crippen LogP contribution in [0, 0.1) is 0 Å². The highest BCUT2D eigenvalue weighted by atomic mass is 32.2. The SMILES string of the molecule is O=C(O)c1ccc(SCc2ccsc2)nc1. The van der Waals surface area contributed by atoms with E-state index in [4.69, 9.17) is 5.11 Å². The first-order valence-electron chi connectivity index (χ1n) is 4.59. The Morgan fingerprint density at radius 1 is 1.44 bits per heavy atom. The van der Waals surface area contributed by atoms with E-state index in [0.717, 1.165) is 10.8 Å². The molecule has 2 aromatic rings. The second-order valence-corrected chi connectivity index (χ2v) is 4.89. The van der Waals surface area contributed by atoms with Gasteiger partial charge in [0.15, 0.2) is 0 Å². The highest BCUT2D eigenvalue weighted by Gasteiger charge is 2.03. The van der Waals surface area contributed by atoms with Crippen molar-refractivity contribution in [2.75, 3.05) is 0 Å². The Kier molecular flexibility index (Phi) is 3.58. The molecular weight excluding hydrogens is 242 g/mol. The van der Waals surface area contributed by atoms with Crippen LogP contribution >= 0.6 is 23.1 Å². The van der Waals surface area contributed by atoms with Crippen LogP contribution in [0.2, 0.25) is 0 Å². The maximum atomic E-state index is 10.6. The summed E-state index contributed by atoms with van der Waals surface area (Å²) in [7, 11) is 0. The third kappa shape index (κ3) is 2.84. The Hall–Kier alpha value is -1.33. The zero-order valence-corrected chi connectivity index (χ0v) is 9.92. The van der Waals surface area contributed by atoms with E-state index in [2.05, 4.69) is 16.4 Å². The van der Waals surface area contributed by atoms with Crippen LogP contribution in [-0.2, 0) is 5.75 Å². The highest BCUT2D eigenvalue weighted by Crippen LogP contribution is 2.21. The lowest BCUT2D eigenvalue weighted by Gasteiger charge is -1.99. The lowest BCUT2D eigenvalue weighted by atomic mass is 10.3. The van der Waals surface area contributed by atoms with Gasteiger partial charge < -0.3 is 5.11 Å². The number of hydrogen-bond donors (Lipinski definition) is 1. The molecule has 2 rings (SSSR count). The van der Waals surface area contributed by atoms with Gasteiger partial charge in [-0.05, 0) is 34.5 Å². The van der Waals surface area contributed by atoms with E-state index in [1.807, 2.05) is 5.38 Å². The Morgan fingerprint density at radius 3 is 2.88 bits per heavy atom. The van der Waals surface area contributed by atoms with Crippen LogP contribution in [0.25, 0.3) is 0 Å². The number of thiophene rings is 1. The van der Waals surface area contributed by atoms with E-state index >= 15 is 0 Å². The Bertz CT molecular complexity index is 465. The van der Waals surface area contributed by atoms with Crippen LogP contribution < -0.4 is 0 Å². The van der Waals surface area contributed by atoms with Gasteiger partial charge in [0.05, 0.1) is 10.6 Å². The Balaban J connectivity index is 1.98. The van der Waals surface area contributed by atoms with Crippen molar-refractivity contribution in [3.63, 3.8) is 0 Å². The number of pyridine rings is 1. The predicted molar refractivity (Wildman–Crippen MR) is 65.1 cm³/mol. The molecule has 0 amide bonds. The minimum Gasteiger partial charge on any atom is -0.478 e. The maximum Gasteiger partial charge on any atom is 0.337 e. The van der Waals surface area contributed by atoms with E-state index in [0.29, 0.717) is 0 Å². The second kappa shape index (κ2) is 5.14. The van der Waals surface area contributed by atoms with Crippen molar-refractivity contribution in [1.82, 2.24) is 4.98 Å². The smallest absolute Gasteiger partial charge is 0.337 e. The van der Waals surface area contributed by atoms with Crippen LogP contribution in [-0.4, -0.2) is 16.1 Å². The maximum absolute atomic E-state index is 10.6. The molecule has 0 aliphatic rings. The topological polar surface area (TPSA) is 50.2 Å². The van der Waals surface area contributed by atoms with E-state index in [-0.39, 0.29) is 5.56 Å². The summed E-state index contributed by atoms with van der Waals surface area (Å²) in [5.74, 6) is -0.0787. The van der Waals surface area contributed by atoms with Gasteiger partial charge in [0.25, 0.3) is 0 Å². The predicted octanol–water partition coefficient (Wildman–Crippen LogP) is 3.13. The van der Waals surface area contributed by atoms with Gasteiger partial charge in [-0.15, -0.1) is 11.8 Å². The fourth-order valence-corrected chi connectivity index (χ4v) is 2.68. The third-order valence-electron chi connectivity index (χ3n) is 1.95. The molecule has 5 heteroatoms. The number of carboxylic acid groups (broad SMARTS) is 1. The van der Waals surface area contributed by atoms with Crippen LogP contribution in [0.1, 0.15) is 15.9 Å². The summed E-state index contributed by atoms with van der Waals surface area (Å²) in [4.78, 5) is 14.7. The summed E-state index contributed by atoms with van der Waals surface area (Å²) in [5, 5.41) is 13.7. The molecule has 3 nitrogen and oxygen atoms in total. The van der Waals surface area contributed by atoms with Crippen LogP contribution in [0.5, 0.6) is 0 Å². The summed E-state index contributed by atoms with van der Waals surface area (Å²) in [6.07, 6.45) is 1.39. The van der Waals surface area contributed by atoms with Gasteiger partial charge in [0, 0.05) is 11.9 Å². The number of carbonyl (C=O) groups is 1. The first-order valence-corrected chi connectivity index (χ1v) is 6.52. The van der Waals surface area contributed by atoms with Crippen molar-refractivity contribution in [2.45, 2.75) is 10.8 Å². The number of thioether (sulfide) groups is 1. The van der Waals surface area contributed by atoms with E-state index < -0.39 is 5.97 Å². The van der Waals surface area contributed by atoms with E-state index in [1.165, 1.54) is 11.8 Å². The fourth-order valence-electron chi connectivity index (χ4n) is 1.12. The van der Waals surface area contributed by atoms with Crippen LogP contribution in [0.4, 0.5) is 0 Å². The summed E-state index contributed by atoms with van der Waals surface area (Å²) in [5.41, 5.74) is 1.49. The molecular formula is C11H9NO2S2. The number of aromatic carboxylic acids is 1. The zero-order valence-electron chi connectivity index (χ0n) is 8.29. The van der Waals surface area contributed by atoms with E-state index in [1.54, 1.807) is 35.2 Å². The molecule has 0 fully saturated rings. The second-order valence-electron chi connectivity index (χ2n) is 3.11. The molecule has 2 aromatic heterocycles. The first-order chi connectivity index (χ1) is 7.75. The van der Waals surface area contributed by atoms with Crippen molar-refractivity contribution < 1.29 is 9.90 Å². The summed E-state index contributed by atoms with van der Waals surface area (Å²) in [6, 6.07) is 5.38. The molecule has 0 spiro atoms. The molecule has 0 radical (unpaired) electrons. The molecule has 0 saturated heterocycles. The van der Waals surface area contributed by atoms with Gasteiger partial charge in [0.2, 0.25) is 0 Å². The average Bonchev–Trinajstić information content (AvgIpc) is 2.80. The fraction of sp³-hybridized carbons (Fsp3) is 0.0909. The number of hydrogen-bond acceptors (Lipinski definition) is 4. The summed E-state index contributed by atoms with van der Waals surface area (Å²) < 4.78 is 0. The van der Waals surface area contributed by atoms with Crippen LogP contribution in [0.3, 0.4) is 0 Å². The lowest BCUT2D eigenvalue weighted by molar-refractivity contribution is 0.0696. The molecule has 16 heavy (non-hydrogen) atoms. The zero-order chi connectivity index (χ0) is 11.4. The third-order valence-corrected chi connectivity index (χ3v) is 3.70. The molecule has 0 aliphatic heterocycles. The summed E-state index contributed by atoms with van der Waals surface area (Å²) >= 11 is 3.27. The molecule has 1 N–H and O–H groups in total. The largest absolute Gasteiger partial charge is 0.478 e. The number of nitrogens with zero attached hydrogens (tertiary/aromatic N) is 1. The molecule has 2 heterocycles. The molecule has 0 saturated carbocycles. The van der Waals surface area contributed by atoms with Crippen molar-refractivity contribution in [3.8, 4) is 0 Å². The van der Waals surface area contributed by atoms with Crippen molar-refractivity contribution in [2.24, 2.45) is 0 Å². The average molecular weight is 251 g/mol. The molecule has 0 unspecified atom stereocenters. The standard InChI is InChI=1S/C11H9NO2S2/c13-11(14)9-1-2-10(12-5-9)16-7-8-3-4-15-6-8/h1-6H,7H2,(H,13,14). The van der Waals surface area contributed by atoms with E-state index in [9.17, 15) is 4.79 Å². The van der Waals surface area contributed by atoms with Gasteiger partial charge >= 0.3 is 5.97 Å². The van der Waals surface area contributed by atoms with Crippen molar-refractivity contribution in [1.29, 1.82) is 0 Å². The number of rotatable bonds is 4. The summed E-state index contributed by atoms with van der Waals surface area (Å²) in [6.45, 7) is 0. The van der Waals surface area contributed by atoms with Crippen molar-refractivity contribution in [3.05, 3.63) is 46.3 Å². The normalized spacial score (nSPS) is 10.2. The quantitative estimate of drug-likeness (QED) is 0.848. The molecule has 0 atom stereocenters. The van der Waals surface area contributed by atoms with Gasteiger partial charge in [0.1, 0.15) is 0 Å². The number of aromatic nitrogens is 1. The minimum atomic E-state index is -0.943. The van der Waals surface area contributed by atoms with Gasteiger partial charge in [-0.2, -0.15) is 11.3 Å². The molecule has 0 aromatic carbocycles. The van der Waals surface area contributed by atoms with Gasteiger partial charge in [-0.1, -0.05) is 0 Å². The lowest BCUT2D eigenvalue weighted by Crippen LogP contribution is -1.96. The molecule has 82 valence electrons. The minimum absolute atomic E-state index is 0.222. The molecule has 0 bridgehead atoms. The number of carboxylic acids is 1. The van der Waals surface area contributed by atoms with Crippen molar-refractivity contribution >= 4 is 29.1 Å². The highest BCUT2D eigenvalue weighted by molar-refractivity contribution is 7.98. The first kappa shape index (κ1) is 11.2.